The van der Waals surface area contributed by atoms with Crippen molar-refractivity contribution >= 4 is 32.9 Å². The van der Waals surface area contributed by atoms with E-state index in [0.717, 1.165) is 5.56 Å². The molecule has 0 aromatic heterocycles. The SMILES string of the molecule is CCC(O)COc1ccc(N=Nc2cc(C)c(N=Nc3cccc(S(=O)(=O)O)c3)cc2OC)cc1. The molecule has 3 aromatic rings. The maximum absolute atomic E-state index is 11.3. The number of aliphatic hydroxyl groups is 1. The van der Waals surface area contributed by atoms with Crippen molar-refractivity contribution in [3.8, 4) is 11.5 Å². The summed E-state index contributed by atoms with van der Waals surface area (Å²) in [5.41, 5.74) is 2.60. The van der Waals surface area contributed by atoms with Gasteiger partial charge in [-0.15, -0.1) is 5.11 Å². The molecular formula is C24H26N4O6S. The minimum atomic E-state index is -4.33. The first-order valence-corrected chi connectivity index (χ1v) is 12.1. The van der Waals surface area contributed by atoms with Crippen LogP contribution in [0.2, 0.25) is 0 Å². The zero-order valence-corrected chi connectivity index (χ0v) is 20.3. The van der Waals surface area contributed by atoms with Crippen LogP contribution in [0.1, 0.15) is 18.9 Å². The summed E-state index contributed by atoms with van der Waals surface area (Å²) in [6, 6.07) is 15.9. The lowest BCUT2D eigenvalue weighted by atomic mass is 10.1. The van der Waals surface area contributed by atoms with Gasteiger partial charge in [-0.05, 0) is 67.4 Å². The smallest absolute Gasteiger partial charge is 0.294 e. The number of methoxy groups -OCH3 is 1. The minimum Gasteiger partial charge on any atom is -0.494 e. The second-order valence-corrected chi connectivity index (χ2v) is 8.97. The summed E-state index contributed by atoms with van der Waals surface area (Å²) in [5, 5.41) is 26.3. The Morgan fingerprint density at radius 2 is 1.60 bits per heavy atom. The van der Waals surface area contributed by atoms with Gasteiger partial charge in [-0.1, -0.05) is 13.0 Å². The molecule has 11 heteroatoms. The Kier molecular flexibility index (Phi) is 8.63. The molecule has 3 aromatic carbocycles. The van der Waals surface area contributed by atoms with Crippen LogP contribution in [0.5, 0.6) is 11.5 Å². The Bertz CT molecular complexity index is 1320. The average Bonchev–Trinajstić information content (AvgIpc) is 2.85. The molecule has 0 aliphatic carbocycles. The number of aryl methyl sites for hydroxylation is 1. The maximum Gasteiger partial charge on any atom is 0.294 e. The normalized spacial score (nSPS) is 12.8. The molecule has 1 unspecified atom stereocenters. The fraction of sp³-hybridized carbons (Fsp3) is 0.250. The zero-order chi connectivity index (χ0) is 25.4. The average molecular weight is 499 g/mol. The van der Waals surface area contributed by atoms with E-state index in [0.29, 0.717) is 35.0 Å². The summed E-state index contributed by atoms with van der Waals surface area (Å²) in [5.74, 6) is 1.05. The molecule has 0 aliphatic rings. The van der Waals surface area contributed by atoms with Gasteiger partial charge in [0.25, 0.3) is 10.1 Å². The molecule has 184 valence electrons. The van der Waals surface area contributed by atoms with Gasteiger partial charge in [-0.2, -0.15) is 23.8 Å². The van der Waals surface area contributed by atoms with Crippen molar-refractivity contribution in [1.29, 1.82) is 0 Å². The molecule has 0 aliphatic heterocycles. The van der Waals surface area contributed by atoms with Gasteiger partial charge in [-0.3, -0.25) is 4.55 Å². The highest BCUT2D eigenvalue weighted by Crippen LogP contribution is 2.36. The standard InChI is InChI=1S/C24H26N4O6S/c1-4-19(29)15-34-20-10-8-17(9-11-20)25-28-23-12-16(2)22(14-24(23)33-3)27-26-18-6-5-7-21(13-18)35(30,31)32/h5-14,19,29H,4,15H2,1-3H3,(H,30,31,32). The first kappa shape index (κ1) is 25.9. The van der Waals surface area contributed by atoms with E-state index in [1.54, 1.807) is 42.5 Å². The van der Waals surface area contributed by atoms with Crippen LogP contribution in [-0.4, -0.2) is 37.9 Å². The third-order valence-electron chi connectivity index (χ3n) is 4.91. The van der Waals surface area contributed by atoms with Gasteiger partial charge in [0.05, 0.1) is 35.2 Å². The molecule has 0 heterocycles. The van der Waals surface area contributed by atoms with Gasteiger partial charge in [0.2, 0.25) is 0 Å². The van der Waals surface area contributed by atoms with Crippen LogP contribution in [0.15, 0.2) is 86.0 Å². The summed E-state index contributed by atoms with van der Waals surface area (Å²) in [6.45, 7) is 3.93. The molecule has 35 heavy (non-hydrogen) atoms. The van der Waals surface area contributed by atoms with Crippen molar-refractivity contribution in [3.63, 3.8) is 0 Å². The van der Waals surface area contributed by atoms with E-state index in [-0.39, 0.29) is 17.2 Å². The molecule has 0 spiro atoms. The van der Waals surface area contributed by atoms with Crippen LogP contribution in [0, 0.1) is 6.92 Å². The number of ether oxygens (including phenoxy) is 2. The van der Waals surface area contributed by atoms with E-state index < -0.39 is 16.2 Å². The summed E-state index contributed by atoms with van der Waals surface area (Å²) in [6.07, 6.45) is 0.115. The van der Waals surface area contributed by atoms with E-state index in [1.165, 1.54) is 25.3 Å². The molecule has 0 radical (unpaired) electrons. The highest BCUT2D eigenvalue weighted by molar-refractivity contribution is 7.85. The van der Waals surface area contributed by atoms with Crippen LogP contribution < -0.4 is 9.47 Å². The van der Waals surface area contributed by atoms with Crippen LogP contribution >= 0.6 is 0 Å². The Balaban J connectivity index is 1.76. The van der Waals surface area contributed by atoms with Crippen LogP contribution in [0.3, 0.4) is 0 Å². The second-order valence-electron chi connectivity index (χ2n) is 7.55. The predicted octanol–water partition coefficient (Wildman–Crippen LogP) is 6.23. The van der Waals surface area contributed by atoms with Gasteiger partial charge in [0.1, 0.15) is 23.8 Å². The Labute approximate surface area is 203 Å². The van der Waals surface area contributed by atoms with E-state index in [2.05, 4.69) is 20.5 Å². The van der Waals surface area contributed by atoms with E-state index >= 15 is 0 Å². The van der Waals surface area contributed by atoms with Crippen molar-refractivity contribution < 1.29 is 27.6 Å². The van der Waals surface area contributed by atoms with Crippen molar-refractivity contribution in [3.05, 3.63) is 66.2 Å². The quantitative estimate of drug-likeness (QED) is 0.250. The lowest BCUT2D eigenvalue weighted by Gasteiger charge is -2.10. The fourth-order valence-electron chi connectivity index (χ4n) is 2.86. The summed E-state index contributed by atoms with van der Waals surface area (Å²) in [7, 11) is -2.84. The lowest BCUT2D eigenvalue weighted by Crippen LogP contribution is -2.15. The zero-order valence-electron chi connectivity index (χ0n) is 19.5. The number of nitrogens with zero attached hydrogens (tertiary/aromatic N) is 4. The van der Waals surface area contributed by atoms with Gasteiger partial charge in [-0.25, -0.2) is 0 Å². The van der Waals surface area contributed by atoms with E-state index in [4.69, 9.17) is 9.47 Å². The highest BCUT2D eigenvalue weighted by Gasteiger charge is 2.11. The van der Waals surface area contributed by atoms with Gasteiger partial charge in [0.15, 0.2) is 0 Å². The summed E-state index contributed by atoms with van der Waals surface area (Å²) < 4.78 is 42.7. The molecule has 2 N–H and O–H groups in total. The molecule has 0 bridgehead atoms. The van der Waals surface area contributed by atoms with Crippen LogP contribution in [0.4, 0.5) is 22.7 Å². The molecule has 0 saturated carbocycles. The van der Waals surface area contributed by atoms with Gasteiger partial charge in [0, 0.05) is 6.07 Å². The highest BCUT2D eigenvalue weighted by atomic mass is 32.2. The minimum absolute atomic E-state index is 0.226. The third-order valence-corrected chi connectivity index (χ3v) is 5.76. The third kappa shape index (κ3) is 7.41. The first-order valence-electron chi connectivity index (χ1n) is 10.7. The molecule has 1 atom stereocenters. The number of hydrogen-bond acceptors (Lipinski definition) is 9. The molecule has 0 fully saturated rings. The van der Waals surface area contributed by atoms with Crippen LogP contribution in [0.25, 0.3) is 0 Å². The molecule has 3 rings (SSSR count). The number of rotatable bonds is 10. The van der Waals surface area contributed by atoms with Crippen LogP contribution in [-0.2, 0) is 10.1 Å². The lowest BCUT2D eigenvalue weighted by molar-refractivity contribution is 0.104. The molecule has 0 saturated heterocycles. The summed E-state index contributed by atoms with van der Waals surface area (Å²) in [4.78, 5) is -0.267. The number of azo groups is 2. The second kappa shape index (κ2) is 11.6. The van der Waals surface area contributed by atoms with E-state index in [9.17, 15) is 18.1 Å². The predicted molar refractivity (Wildman–Crippen MR) is 131 cm³/mol. The maximum atomic E-state index is 11.3. The Hall–Kier alpha value is -3.67. The Morgan fingerprint density at radius 1 is 0.914 bits per heavy atom. The largest absolute Gasteiger partial charge is 0.494 e. The van der Waals surface area contributed by atoms with Crippen molar-refractivity contribution in [2.75, 3.05) is 13.7 Å². The molecule has 10 nitrogen and oxygen atoms in total. The number of hydrogen-bond donors (Lipinski definition) is 2. The molecular weight excluding hydrogens is 472 g/mol. The fourth-order valence-corrected chi connectivity index (χ4v) is 3.38. The van der Waals surface area contributed by atoms with E-state index in [1.807, 2.05) is 13.8 Å². The topological polar surface area (TPSA) is 142 Å². The van der Waals surface area contributed by atoms with Crippen molar-refractivity contribution in [2.24, 2.45) is 20.5 Å². The Morgan fingerprint density at radius 3 is 2.26 bits per heavy atom. The molecule has 0 amide bonds. The first-order chi connectivity index (χ1) is 16.7. The number of aliphatic hydroxyl groups excluding tert-OH is 1. The summed E-state index contributed by atoms with van der Waals surface area (Å²) >= 11 is 0. The monoisotopic (exact) mass is 498 g/mol. The van der Waals surface area contributed by atoms with Gasteiger partial charge < -0.3 is 14.6 Å². The van der Waals surface area contributed by atoms with Gasteiger partial charge >= 0.3 is 0 Å². The number of benzene rings is 3. The van der Waals surface area contributed by atoms with Crippen molar-refractivity contribution in [1.82, 2.24) is 0 Å². The van der Waals surface area contributed by atoms with Crippen molar-refractivity contribution in [2.45, 2.75) is 31.3 Å².